The summed E-state index contributed by atoms with van der Waals surface area (Å²) >= 11 is 0. The lowest BCUT2D eigenvalue weighted by atomic mass is 9.80. The molecule has 1 amide bonds. The number of hydrogen-bond donors (Lipinski definition) is 2. The van der Waals surface area contributed by atoms with Crippen LogP contribution in [0.1, 0.15) is 34.1 Å². The Balaban J connectivity index is 1.37. The molecule has 1 aromatic carbocycles. The lowest BCUT2D eigenvalue weighted by Crippen LogP contribution is -2.39. The number of fused-ring (bicyclic) bond motifs is 2. The second-order valence-electron chi connectivity index (χ2n) is 9.69. The maximum atomic E-state index is 13.5. The van der Waals surface area contributed by atoms with E-state index in [1.165, 1.54) is 0 Å². The van der Waals surface area contributed by atoms with E-state index in [1.807, 2.05) is 69.7 Å². The van der Waals surface area contributed by atoms with Crippen LogP contribution in [0.4, 0.5) is 0 Å². The van der Waals surface area contributed by atoms with Gasteiger partial charge < -0.3 is 10.6 Å². The molecule has 2 unspecified atom stereocenters. The summed E-state index contributed by atoms with van der Waals surface area (Å²) in [5, 5.41) is 15.7. The van der Waals surface area contributed by atoms with Crippen LogP contribution in [0.2, 0.25) is 0 Å². The van der Waals surface area contributed by atoms with Gasteiger partial charge in [0, 0.05) is 36.6 Å². The number of carbonyl (C=O) groups is 1. The standard InChI is InChI=1S/C31H28N6O/c1-20-27(26-14-7-8-17-37(26)35-20)31(38)33-21(2)30-29(23-10-5-4-6-11-23)28-24(12-9-13-25(28)34-30)16-15-22-18-32-36(3)19-22/h4-14,17-19,21,25,28,34H,1-3H3,(H,33,38)/t21-,25?,28?/m0/s1. The molecule has 3 atom stereocenters. The first-order valence-corrected chi connectivity index (χ1v) is 12.7. The van der Waals surface area contributed by atoms with E-state index in [2.05, 4.69) is 63.0 Å². The molecule has 0 radical (unpaired) electrons. The van der Waals surface area contributed by atoms with Crippen LogP contribution in [-0.2, 0) is 7.05 Å². The fourth-order valence-electron chi connectivity index (χ4n) is 5.38. The van der Waals surface area contributed by atoms with Gasteiger partial charge in [0.15, 0.2) is 0 Å². The van der Waals surface area contributed by atoms with E-state index >= 15 is 0 Å². The molecule has 1 aliphatic carbocycles. The van der Waals surface area contributed by atoms with Gasteiger partial charge in [0.1, 0.15) is 0 Å². The van der Waals surface area contributed by atoms with Crippen molar-refractivity contribution in [1.82, 2.24) is 30.0 Å². The lowest BCUT2D eigenvalue weighted by Gasteiger charge is -2.23. The summed E-state index contributed by atoms with van der Waals surface area (Å²) < 4.78 is 3.50. The van der Waals surface area contributed by atoms with Crippen molar-refractivity contribution < 1.29 is 4.79 Å². The molecule has 1 aliphatic heterocycles. The molecule has 0 bridgehead atoms. The van der Waals surface area contributed by atoms with E-state index in [0.29, 0.717) is 11.3 Å². The number of benzene rings is 1. The van der Waals surface area contributed by atoms with Crippen LogP contribution in [-0.4, -0.2) is 37.4 Å². The van der Waals surface area contributed by atoms with Crippen molar-refractivity contribution in [3.05, 3.63) is 119 Å². The van der Waals surface area contributed by atoms with Crippen molar-refractivity contribution in [2.45, 2.75) is 25.9 Å². The molecular formula is C31H28N6O. The zero-order valence-electron chi connectivity index (χ0n) is 21.5. The molecule has 6 rings (SSSR count). The average molecular weight is 501 g/mol. The molecule has 7 nitrogen and oxygen atoms in total. The molecule has 4 aromatic rings. The van der Waals surface area contributed by atoms with Gasteiger partial charge in [-0.05, 0) is 37.1 Å². The molecule has 0 spiro atoms. The number of nitrogens with zero attached hydrogens (tertiary/aromatic N) is 4. The largest absolute Gasteiger partial charge is 0.379 e. The van der Waals surface area contributed by atoms with Crippen molar-refractivity contribution in [3.8, 4) is 11.8 Å². The van der Waals surface area contributed by atoms with Crippen LogP contribution >= 0.6 is 0 Å². The molecule has 0 saturated carbocycles. The molecular weight excluding hydrogens is 472 g/mol. The number of nitrogens with one attached hydrogen (secondary N) is 2. The summed E-state index contributed by atoms with van der Waals surface area (Å²) in [6.45, 7) is 3.89. The van der Waals surface area contributed by atoms with Crippen molar-refractivity contribution in [2.75, 3.05) is 0 Å². The first-order valence-electron chi connectivity index (χ1n) is 12.7. The fraction of sp³-hybridized carbons (Fsp3) is 0.194. The number of aryl methyl sites for hydroxylation is 2. The van der Waals surface area contributed by atoms with Gasteiger partial charge in [-0.1, -0.05) is 66.5 Å². The van der Waals surface area contributed by atoms with Crippen LogP contribution in [0.25, 0.3) is 11.1 Å². The summed E-state index contributed by atoms with van der Waals surface area (Å²) in [5.41, 5.74) is 7.24. The molecule has 0 fully saturated rings. The summed E-state index contributed by atoms with van der Waals surface area (Å²) in [5.74, 6) is 6.56. The Morgan fingerprint density at radius 3 is 2.74 bits per heavy atom. The van der Waals surface area contributed by atoms with E-state index in [0.717, 1.165) is 33.5 Å². The predicted octanol–water partition coefficient (Wildman–Crippen LogP) is 4.04. The van der Waals surface area contributed by atoms with Gasteiger partial charge >= 0.3 is 0 Å². The third-order valence-electron chi connectivity index (χ3n) is 7.08. The quantitative estimate of drug-likeness (QED) is 0.415. The fourth-order valence-corrected chi connectivity index (χ4v) is 5.38. The first kappa shape index (κ1) is 23.6. The van der Waals surface area contributed by atoms with E-state index < -0.39 is 0 Å². The van der Waals surface area contributed by atoms with Gasteiger partial charge in [-0.25, -0.2) is 4.52 Å². The Morgan fingerprint density at radius 1 is 1.13 bits per heavy atom. The van der Waals surface area contributed by atoms with Gasteiger partial charge in [0.05, 0.1) is 40.6 Å². The first-order chi connectivity index (χ1) is 18.5. The third-order valence-corrected chi connectivity index (χ3v) is 7.08. The number of hydrogen-bond acceptors (Lipinski definition) is 4. The Kier molecular flexibility index (Phi) is 5.93. The average Bonchev–Trinajstić information content (AvgIpc) is 3.62. The SMILES string of the molecule is Cc1nn2ccccc2c1C(=O)N[C@@H](C)C1=C(c2ccccc2)C2C(C#Cc3cnn(C)c3)=CC=CC2N1. The molecule has 2 N–H and O–H groups in total. The molecule has 4 heterocycles. The van der Waals surface area contributed by atoms with Gasteiger partial charge in [0.2, 0.25) is 0 Å². The Hall–Kier alpha value is -4.83. The molecule has 0 saturated heterocycles. The second-order valence-corrected chi connectivity index (χ2v) is 9.69. The Labute approximate surface area is 221 Å². The van der Waals surface area contributed by atoms with Crippen LogP contribution < -0.4 is 10.6 Å². The van der Waals surface area contributed by atoms with Crippen LogP contribution in [0.15, 0.2) is 96.6 Å². The van der Waals surface area contributed by atoms with Gasteiger partial charge in [0.25, 0.3) is 5.91 Å². The summed E-state index contributed by atoms with van der Waals surface area (Å²) in [6.07, 6.45) is 11.8. The maximum Gasteiger partial charge on any atom is 0.255 e. The number of rotatable bonds is 4. The predicted molar refractivity (Wildman–Crippen MR) is 148 cm³/mol. The van der Waals surface area contributed by atoms with Crippen molar-refractivity contribution >= 4 is 17.0 Å². The zero-order chi connectivity index (χ0) is 26.2. The maximum absolute atomic E-state index is 13.5. The monoisotopic (exact) mass is 500 g/mol. The zero-order valence-corrected chi connectivity index (χ0v) is 21.5. The number of aromatic nitrogens is 4. The highest BCUT2D eigenvalue weighted by Crippen LogP contribution is 2.41. The van der Waals surface area contributed by atoms with Crippen molar-refractivity contribution in [1.29, 1.82) is 0 Å². The molecule has 3 aromatic heterocycles. The number of amides is 1. The van der Waals surface area contributed by atoms with E-state index in [1.54, 1.807) is 15.4 Å². The molecule has 2 aliphatic rings. The number of carbonyl (C=O) groups excluding carboxylic acids is 1. The van der Waals surface area contributed by atoms with Crippen LogP contribution in [0, 0.1) is 24.7 Å². The number of allylic oxidation sites excluding steroid dienone is 2. The highest BCUT2D eigenvalue weighted by Gasteiger charge is 2.39. The van der Waals surface area contributed by atoms with Gasteiger partial charge in [-0.3, -0.25) is 9.48 Å². The minimum absolute atomic E-state index is 0.0274. The highest BCUT2D eigenvalue weighted by molar-refractivity contribution is 6.02. The minimum atomic E-state index is -0.262. The van der Waals surface area contributed by atoms with Crippen molar-refractivity contribution in [3.63, 3.8) is 0 Å². The van der Waals surface area contributed by atoms with Crippen LogP contribution in [0.3, 0.4) is 0 Å². The smallest absolute Gasteiger partial charge is 0.255 e. The van der Waals surface area contributed by atoms with Gasteiger partial charge in [-0.2, -0.15) is 10.2 Å². The highest BCUT2D eigenvalue weighted by atomic mass is 16.1. The summed E-state index contributed by atoms with van der Waals surface area (Å²) in [4.78, 5) is 13.5. The summed E-state index contributed by atoms with van der Waals surface area (Å²) in [7, 11) is 1.89. The Bertz CT molecular complexity index is 1690. The molecule has 7 heteroatoms. The Morgan fingerprint density at radius 2 is 1.95 bits per heavy atom. The normalized spacial score (nSPS) is 18.9. The van der Waals surface area contributed by atoms with Gasteiger partial charge in [-0.15, -0.1) is 0 Å². The molecule has 38 heavy (non-hydrogen) atoms. The minimum Gasteiger partial charge on any atom is -0.379 e. The van der Waals surface area contributed by atoms with Crippen LogP contribution in [0.5, 0.6) is 0 Å². The number of pyridine rings is 1. The van der Waals surface area contributed by atoms with E-state index in [9.17, 15) is 4.79 Å². The summed E-state index contributed by atoms with van der Waals surface area (Å²) in [6, 6.07) is 15.9. The van der Waals surface area contributed by atoms with E-state index in [4.69, 9.17) is 0 Å². The molecule has 188 valence electrons. The third kappa shape index (κ3) is 4.20. The lowest BCUT2D eigenvalue weighted by molar-refractivity contribution is 0.0945. The van der Waals surface area contributed by atoms with E-state index in [-0.39, 0.29) is 23.9 Å². The second kappa shape index (κ2) is 9.56. The topological polar surface area (TPSA) is 76.2 Å². The van der Waals surface area contributed by atoms with Crippen molar-refractivity contribution in [2.24, 2.45) is 13.0 Å².